The predicted molar refractivity (Wildman–Crippen MR) is 405 cm³/mol. The van der Waals surface area contributed by atoms with Crippen molar-refractivity contribution in [1.29, 1.82) is 5.26 Å². The fourth-order valence-corrected chi connectivity index (χ4v) is 15.0. The van der Waals surface area contributed by atoms with E-state index in [2.05, 4.69) is 394 Å². The number of hydrogen-bond acceptors (Lipinski definition) is 3. The van der Waals surface area contributed by atoms with Crippen LogP contribution in [0.25, 0.3) is 127 Å². The molecule has 0 aliphatic carbocycles. The van der Waals surface area contributed by atoms with Crippen molar-refractivity contribution in [2.24, 2.45) is 0 Å². The molecule has 3 aromatic heterocycles. The summed E-state index contributed by atoms with van der Waals surface area (Å²) in [5.74, 6) is 0. The summed E-state index contributed by atoms with van der Waals surface area (Å²) in [7, 11) is 0. The maximum absolute atomic E-state index is 12.8. The number of hydrogen-bond donors (Lipinski definition) is 0. The van der Waals surface area contributed by atoms with E-state index in [0.29, 0.717) is 5.56 Å². The van der Waals surface area contributed by atoms with Crippen LogP contribution in [0.3, 0.4) is 0 Å². The molecule has 0 amide bonds. The first-order valence-corrected chi connectivity index (χ1v) is 33.0. The van der Waals surface area contributed by atoms with Crippen LogP contribution in [0, 0.1) is 11.3 Å². The van der Waals surface area contributed by atoms with E-state index in [-0.39, 0.29) is 0 Å². The molecule has 0 N–H and O–H groups in total. The lowest BCUT2D eigenvalue weighted by atomic mass is 9.87. The predicted octanol–water partition coefficient (Wildman–Crippen LogP) is 24.5. The first kappa shape index (κ1) is 56.5. The number of anilines is 6. The third-order valence-electron chi connectivity index (χ3n) is 19.2. The summed E-state index contributed by atoms with van der Waals surface area (Å²) in [6.45, 7) is 0. The Bertz CT molecular complexity index is 5600. The van der Waals surface area contributed by atoms with Crippen LogP contribution in [0.5, 0.6) is 0 Å². The smallest absolute Gasteiger partial charge is 0.101 e. The van der Waals surface area contributed by atoms with Gasteiger partial charge in [0.1, 0.15) is 6.07 Å². The lowest BCUT2D eigenvalue weighted by molar-refractivity contribution is 1.05. The first-order valence-electron chi connectivity index (χ1n) is 33.0. The Morgan fingerprint density at radius 3 is 0.814 bits per heavy atom. The van der Waals surface area contributed by atoms with Gasteiger partial charge in [-0.2, -0.15) is 5.26 Å². The first-order chi connectivity index (χ1) is 48.1. The highest BCUT2D eigenvalue weighted by molar-refractivity contribution is 6.18. The highest BCUT2D eigenvalue weighted by Gasteiger charge is 2.34. The monoisotopic (exact) mass is 1240 g/mol. The largest absolute Gasteiger partial charge is 0.310 e. The van der Waals surface area contributed by atoms with Crippen molar-refractivity contribution in [3.05, 3.63) is 370 Å². The quantitative estimate of drug-likeness (QED) is 0.116. The molecule has 0 atom stereocenters. The van der Waals surface area contributed by atoms with E-state index in [9.17, 15) is 5.26 Å². The molecule has 0 spiro atoms. The zero-order valence-electron chi connectivity index (χ0n) is 52.8. The zero-order chi connectivity index (χ0) is 64.3. The van der Waals surface area contributed by atoms with Crippen molar-refractivity contribution < 1.29 is 0 Å². The third-order valence-corrected chi connectivity index (χ3v) is 19.2. The van der Waals surface area contributed by atoms with E-state index in [1.165, 1.54) is 0 Å². The van der Waals surface area contributed by atoms with Crippen LogP contribution in [-0.2, 0) is 0 Å². The Morgan fingerprint density at radius 2 is 0.474 bits per heavy atom. The second-order valence-corrected chi connectivity index (χ2v) is 24.7. The van der Waals surface area contributed by atoms with Crippen molar-refractivity contribution >= 4 is 99.5 Å². The Hall–Kier alpha value is -13.2. The lowest BCUT2D eigenvalue weighted by Crippen LogP contribution is -2.14. The number of para-hydroxylation sites is 6. The maximum atomic E-state index is 12.8. The van der Waals surface area contributed by atoms with Crippen LogP contribution >= 0.6 is 0 Å². The van der Waals surface area contributed by atoms with Crippen molar-refractivity contribution in [1.82, 2.24) is 13.7 Å². The van der Waals surface area contributed by atoms with Gasteiger partial charge >= 0.3 is 0 Å². The SMILES string of the molecule is N#Cc1c(-c2ccccc2)c(-n2c3ccccc3c3cc(N(c4ccccc4)c4ccccc4)ccc32)c(-n2c3ccc(-c4ccccc4)cc3c3cc(-c4ccccc4)ccc32)c(-n2c3ccccc3c3cc(N(c4ccccc4)c4ccccc4)ccc32)c1-c1ccccc1. The number of rotatable bonds is 13. The zero-order valence-corrected chi connectivity index (χ0v) is 52.8. The summed E-state index contributed by atoms with van der Waals surface area (Å²) in [6.07, 6.45) is 0. The molecule has 0 aliphatic rings. The van der Waals surface area contributed by atoms with Crippen molar-refractivity contribution in [2.45, 2.75) is 0 Å². The van der Waals surface area contributed by atoms with E-state index in [0.717, 1.165) is 161 Å². The minimum Gasteiger partial charge on any atom is -0.310 e. The molecule has 3 heterocycles. The van der Waals surface area contributed by atoms with Crippen molar-refractivity contribution in [3.8, 4) is 67.6 Å². The van der Waals surface area contributed by atoms with Crippen molar-refractivity contribution in [2.75, 3.05) is 9.80 Å². The molecule has 6 nitrogen and oxygen atoms in total. The van der Waals surface area contributed by atoms with Gasteiger partial charge in [-0.15, -0.1) is 0 Å². The number of nitriles is 1. The number of nitrogens with zero attached hydrogens (tertiary/aromatic N) is 6. The summed E-state index contributed by atoms with van der Waals surface area (Å²) in [5, 5.41) is 19.3. The van der Waals surface area contributed by atoms with E-state index < -0.39 is 0 Å². The molecule has 0 bridgehead atoms. The molecule has 15 aromatic carbocycles. The molecule has 18 aromatic rings. The van der Waals surface area contributed by atoms with Crippen LogP contribution in [0.15, 0.2) is 364 Å². The van der Waals surface area contributed by atoms with Gasteiger partial charge in [0.2, 0.25) is 0 Å². The molecule has 0 radical (unpaired) electrons. The molecular weight excluding hydrogens is 1180 g/mol. The maximum Gasteiger partial charge on any atom is 0.101 e. The Kier molecular flexibility index (Phi) is 13.8. The van der Waals surface area contributed by atoms with Gasteiger partial charge in [0.25, 0.3) is 0 Å². The van der Waals surface area contributed by atoms with Crippen LogP contribution in [0.1, 0.15) is 5.56 Å². The molecule has 0 aliphatic heterocycles. The van der Waals surface area contributed by atoms with Crippen molar-refractivity contribution in [3.63, 3.8) is 0 Å². The molecule has 18 rings (SSSR count). The molecule has 6 heteroatoms. The second-order valence-electron chi connectivity index (χ2n) is 24.7. The third kappa shape index (κ3) is 9.48. The average molecular weight is 1240 g/mol. The van der Waals surface area contributed by atoms with Gasteiger partial charge in [-0.25, -0.2) is 0 Å². The Labute approximate surface area is 562 Å². The van der Waals surface area contributed by atoms with Gasteiger partial charge < -0.3 is 23.5 Å². The minimum absolute atomic E-state index is 0.549. The van der Waals surface area contributed by atoms with E-state index in [1.807, 2.05) is 0 Å². The number of fused-ring (bicyclic) bond motifs is 9. The topological polar surface area (TPSA) is 45.1 Å². The molecule has 0 unspecified atom stereocenters. The second kappa shape index (κ2) is 23.7. The standard InChI is InChI=1S/C91H60N6/c92-61-80-87(64-33-13-3-14-34-64)89(95-81-47-27-25-45-74(81)78-59-72(51-55-85(78)95)93(68-37-17-5-18-38-68)69-39-19-6-20-40-69)91(97-83-53-49-66(62-29-9-1-10-30-62)57-76(83)77-58-67(50-54-84(77)97)63-31-11-2-12-32-63)90(88(80)65-35-15-4-16-36-65)96-82-48-28-26-46-75(82)79-60-73(52-56-86(79)96)94(70-41-21-7-22-42-70)71-43-23-8-24-44-71/h1-60H. The summed E-state index contributed by atoms with van der Waals surface area (Å²) in [5.41, 5.74) is 23.3. The van der Waals surface area contributed by atoms with Crippen LogP contribution < -0.4 is 9.80 Å². The van der Waals surface area contributed by atoms with E-state index in [1.54, 1.807) is 0 Å². The van der Waals surface area contributed by atoms with Gasteiger partial charge in [0.05, 0.1) is 55.7 Å². The minimum atomic E-state index is 0.549. The lowest BCUT2D eigenvalue weighted by Gasteiger charge is -2.29. The van der Waals surface area contributed by atoms with Crippen LogP contribution in [0.4, 0.5) is 34.1 Å². The Balaban J connectivity index is 1.06. The summed E-state index contributed by atoms with van der Waals surface area (Å²) in [4.78, 5) is 4.68. The van der Waals surface area contributed by atoms with E-state index in [4.69, 9.17) is 0 Å². The molecule has 0 fully saturated rings. The number of aromatic nitrogens is 3. The normalized spacial score (nSPS) is 11.5. The highest BCUT2D eigenvalue weighted by Crippen LogP contribution is 2.53. The van der Waals surface area contributed by atoms with Gasteiger partial charge in [-0.3, -0.25) is 0 Å². The van der Waals surface area contributed by atoms with Gasteiger partial charge in [-0.1, -0.05) is 243 Å². The molecule has 454 valence electrons. The fraction of sp³-hybridized carbons (Fsp3) is 0. The summed E-state index contributed by atoms with van der Waals surface area (Å²) in [6, 6.07) is 134. The van der Waals surface area contributed by atoms with Crippen LogP contribution in [-0.4, -0.2) is 13.7 Å². The number of benzene rings is 15. The summed E-state index contributed by atoms with van der Waals surface area (Å²) < 4.78 is 7.51. The molecular formula is C91H60N6. The van der Waals surface area contributed by atoms with E-state index >= 15 is 0 Å². The Morgan fingerprint density at radius 1 is 0.206 bits per heavy atom. The van der Waals surface area contributed by atoms with Crippen LogP contribution in [0.2, 0.25) is 0 Å². The highest BCUT2D eigenvalue weighted by atomic mass is 15.2. The van der Waals surface area contributed by atoms with Gasteiger partial charge in [-0.05, 0) is 155 Å². The van der Waals surface area contributed by atoms with Gasteiger partial charge in [0.15, 0.2) is 0 Å². The summed E-state index contributed by atoms with van der Waals surface area (Å²) >= 11 is 0. The fourth-order valence-electron chi connectivity index (χ4n) is 15.0. The molecule has 0 saturated carbocycles. The molecule has 0 saturated heterocycles. The average Bonchev–Trinajstić information content (AvgIpc) is 1.61. The van der Waals surface area contributed by atoms with Gasteiger partial charge in [0, 0.05) is 77.6 Å². The molecule has 97 heavy (non-hydrogen) atoms.